The van der Waals surface area contributed by atoms with Crippen LogP contribution in [0.4, 0.5) is 0 Å². The number of fused-ring (bicyclic) bond motifs is 1. The van der Waals surface area contributed by atoms with Crippen LogP contribution in [-0.4, -0.2) is 34.5 Å². The van der Waals surface area contributed by atoms with Gasteiger partial charge in [-0.05, 0) is 18.9 Å². The van der Waals surface area contributed by atoms with E-state index in [2.05, 4.69) is 15.5 Å². The van der Waals surface area contributed by atoms with Crippen LogP contribution < -0.4 is 10.1 Å². The molecule has 3 atom stereocenters. The van der Waals surface area contributed by atoms with Crippen molar-refractivity contribution < 1.29 is 14.4 Å². The number of benzene rings is 1. The molecule has 0 aliphatic carbocycles. The normalized spacial score (nSPS) is 28.1. The van der Waals surface area contributed by atoms with Crippen LogP contribution in [0, 0.1) is 0 Å². The number of hydrogen-bond acceptors (Lipinski definition) is 6. The molecule has 0 spiro atoms. The number of para-hydroxylation sites is 1. The molecule has 0 bridgehead atoms. The highest BCUT2D eigenvalue weighted by Gasteiger charge is 2.31. The molecule has 0 saturated carbocycles. The zero-order chi connectivity index (χ0) is 14.2. The van der Waals surface area contributed by atoms with Crippen LogP contribution in [0.2, 0.25) is 0 Å². The highest BCUT2D eigenvalue weighted by Crippen LogP contribution is 2.37. The maximum absolute atomic E-state index is 9.58. The quantitative estimate of drug-likeness (QED) is 0.868. The van der Waals surface area contributed by atoms with Crippen molar-refractivity contribution in [1.29, 1.82) is 0 Å². The number of aliphatic hydroxyl groups excluding tert-OH is 1. The van der Waals surface area contributed by atoms with Crippen molar-refractivity contribution in [3.63, 3.8) is 0 Å². The first kappa shape index (κ1) is 12.8. The fourth-order valence-corrected chi connectivity index (χ4v) is 3.05. The molecular weight excluding hydrogens is 270 g/mol. The molecule has 1 fully saturated rings. The van der Waals surface area contributed by atoms with E-state index in [-0.39, 0.29) is 18.1 Å². The molecule has 6 nitrogen and oxygen atoms in total. The molecule has 3 heterocycles. The second-order valence-corrected chi connectivity index (χ2v) is 5.57. The number of nitrogens with zero attached hydrogens (tertiary/aromatic N) is 2. The van der Waals surface area contributed by atoms with E-state index in [1.807, 2.05) is 24.3 Å². The van der Waals surface area contributed by atoms with Crippen molar-refractivity contribution in [1.82, 2.24) is 15.5 Å². The Labute approximate surface area is 122 Å². The lowest BCUT2D eigenvalue weighted by atomic mass is 9.92. The van der Waals surface area contributed by atoms with Crippen LogP contribution in [0.15, 0.2) is 28.8 Å². The SMILES string of the molecule is OC1CNC(c2nc(C3CCOc4ccccc43)no2)C1. The Morgan fingerprint density at radius 2 is 2.19 bits per heavy atom. The van der Waals surface area contributed by atoms with Gasteiger partial charge in [0.2, 0.25) is 5.89 Å². The van der Waals surface area contributed by atoms with Crippen LogP contribution in [-0.2, 0) is 0 Å². The molecule has 3 unspecified atom stereocenters. The lowest BCUT2D eigenvalue weighted by Crippen LogP contribution is -2.17. The van der Waals surface area contributed by atoms with Gasteiger partial charge in [-0.15, -0.1) is 0 Å². The van der Waals surface area contributed by atoms with Crippen molar-refractivity contribution in [2.75, 3.05) is 13.2 Å². The number of nitrogens with one attached hydrogen (secondary N) is 1. The predicted octanol–water partition coefficient (Wildman–Crippen LogP) is 1.38. The summed E-state index contributed by atoms with van der Waals surface area (Å²) < 4.78 is 11.1. The van der Waals surface area contributed by atoms with Gasteiger partial charge in [0.15, 0.2) is 5.82 Å². The standard InChI is InChI=1S/C15H17N3O3/c19-9-7-12(16-8-9)15-17-14(18-21-15)11-5-6-20-13-4-2-1-3-10(11)13/h1-4,9,11-12,16,19H,5-8H2. The largest absolute Gasteiger partial charge is 0.493 e. The maximum Gasteiger partial charge on any atom is 0.243 e. The number of rotatable bonds is 2. The average molecular weight is 287 g/mol. The summed E-state index contributed by atoms with van der Waals surface area (Å²) in [6.07, 6.45) is 1.12. The van der Waals surface area contributed by atoms with Crippen molar-refractivity contribution in [3.05, 3.63) is 41.5 Å². The van der Waals surface area contributed by atoms with Crippen LogP contribution >= 0.6 is 0 Å². The van der Waals surface area contributed by atoms with Gasteiger partial charge >= 0.3 is 0 Å². The highest BCUT2D eigenvalue weighted by atomic mass is 16.5. The summed E-state index contributed by atoms with van der Waals surface area (Å²) in [5, 5.41) is 16.9. The molecule has 110 valence electrons. The van der Waals surface area contributed by atoms with Crippen LogP contribution in [0.25, 0.3) is 0 Å². The Morgan fingerprint density at radius 1 is 1.29 bits per heavy atom. The fraction of sp³-hybridized carbons (Fsp3) is 0.467. The predicted molar refractivity (Wildman–Crippen MR) is 74.1 cm³/mol. The second-order valence-electron chi connectivity index (χ2n) is 5.57. The first-order chi connectivity index (χ1) is 10.3. The van der Waals surface area contributed by atoms with E-state index in [1.54, 1.807) is 0 Å². The summed E-state index contributed by atoms with van der Waals surface area (Å²) in [5.41, 5.74) is 1.11. The van der Waals surface area contributed by atoms with Gasteiger partial charge in [0.25, 0.3) is 0 Å². The molecule has 21 heavy (non-hydrogen) atoms. The molecule has 1 aromatic carbocycles. The molecule has 0 amide bonds. The van der Waals surface area contributed by atoms with E-state index in [0.29, 0.717) is 31.3 Å². The molecule has 1 aromatic heterocycles. The fourth-order valence-electron chi connectivity index (χ4n) is 3.05. The van der Waals surface area contributed by atoms with E-state index in [1.165, 1.54) is 0 Å². The van der Waals surface area contributed by atoms with Gasteiger partial charge in [-0.2, -0.15) is 4.98 Å². The van der Waals surface area contributed by atoms with Crippen LogP contribution in [0.5, 0.6) is 5.75 Å². The minimum Gasteiger partial charge on any atom is -0.493 e. The Balaban J connectivity index is 1.62. The minimum atomic E-state index is -0.339. The van der Waals surface area contributed by atoms with E-state index >= 15 is 0 Å². The number of aromatic nitrogens is 2. The molecule has 1 saturated heterocycles. The van der Waals surface area contributed by atoms with E-state index < -0.39 is 0 Å². The van der Waals surface area contributed by atoms with E-state index in [0.717, 1.165) is 17.7 Å². The molecule has 6 heteroatoms. The Hall–Kier alpha value is -1.92. The van der Waals surface area contributed by atoms with Gasteiger partial charge < -0.3 is 19.7 Å². The van der Waals surface area contributed by atoms with Gasteiger partial charge in [-0.1, -0.05) is 23.4 Å². The molecule has 4 rings (SSSR count). The zero-order valence-corrected chi connectivity index (χ0v) is 11.5. The second kappa shape index (κ2) is 5.13. The maximum atomic E-state index is 9.58. The monoisotopic (exact) mass is 287 g/mol. The van der Waals surface area contributed by atoms with E-state index in [9.17, 15) is 5.11 Å². The van der Waals surface area contributed by atoms with Crippen LogP contribution in [0.1, 0.15) is 42.1 Å². The third-order valence-electron chi connectivity index (χ3n) is 4.13. The minimum absolute atomic E-state index is 0.0451. The van der Waals surface area contributed by atoms with Crippen molar-refractivity contribution in [3.8, 4) is 5.75 Å². The number of ether oxygens (including phenoxy) is 1. The van der Waals surface area contributed by atoms with E-state index in [4.69, 9.17) is 9.26 Å². The van der Waals surface area contributed by atoms with Gasteiger partial charge in [0.05, 0.1) is 24.7 Å². The summed E-state index contributed by atoms with van der Waals surface area (Å²) in [6, 6.07) is 7.93. The lowest BCUT2D eigenvalue weighted by Gasteiger charge is -2.23. The molecule has 2 aliphatic rings. The zero-order valence-electron chi connectivity index (χ0n) is 11.5. The Kier molecular flexibility index (Phi) is 3.12. The third kappa shape index (κ3) is 2.30. The van der Waals surface area contributed by atoms with Gasteiger partial charge in [-0.25, -0.2) is 0 Å². The first-order valence-corrected chi connectivity index (χ1v) is 7.28. The molecule has 2 aromatic rings. The lowest BCUT2D eigenvalue weighted by molar-refractivity contribution is 0.191. The summed E-state index contributed by atoms with van der Waals surface area (Å²) in [5.74, 6) is 2.27. The van der Waals surface area contributed by atoms with Crippen molar-refractivity contribution >= 4 is 0 Å². The van der Waals surface area contributed by atoms with Gasteiger partial charge in [-0.3, -0.25) is 0 Å². The third-order valence-corrected chi connectivity index (χ3v) is 4.13. The molecule has 0 radical (unpaired) electrons. The summed E-state index contributed by atoms with van der Waals surface area (Å²) in [6.45, 7) is 1.23. The Bertz CT molecular complexity index is 643. The number of β-amino-alcohol motifs (C(OH)–C–C–N with tert-alkyl or cyclic N) is 1. The smallest absolute Gasteiger partial charge is 0.243 e. The van der Waals surface area contributed by atoms with Gasteiger partial charge in [0.1, 0.15) is 5.75 Å². The Morgan fingerprint density at radius 3 is 3.05 bits per heavy atom. The summed E-state index contributed by atoms with van der Waals surface area (Å²) >= 11 is 0. The topological polar surface area (TPSA) is 80.4 Å². The average Bonchev–Trinajstić information content (AvgIpc) is 3.15. The highest BCUT2D eigenvalue weighted by molar-refractivity contribution is 5.40. The van der Waals surface area contributed by atoms with Crippen molar-refractivity contribution in [2.24, 2.45) is 0 Å². The van der Waals surface area contributed by atoms with Gasteiger partial charge in [0, 0.05) is 12.1 Å². The molecule has 2 aliphatic heterocycles. The van der Waals surface area contributed by atoms with Crippen LogP contribution in [0.3, 0.4) is 0 Å². The number of hydrogen-bond donors (Lipinski definition) is 2. The van der Waals surface area contributed by atoms with Crippen molar-refractivity contribution in [2.45, 2.75) is 30.9 Å². The first-order valence-electron chi connectivity index (χ1n) is 7.28. The number of aliphatic hydroxyl groups is 1. The summed E-state index contributed by atoms with van der Waals surface area (Å²) in [4.78, 5) is 4.54. The molecular formula is C15H17N3O3. The molecule has 2 N–H and O–H groups in total. The summed E-state index contributed by atoms with van der Waals surface area (Å²) in [7, 11) is 0.